The molecule has 0 bridgehead atoms. The van der Waals surface area contributed by atoms with Crippen molar-refractivity contribution in [2.24, 2.45) is 5.92 Å². The molecule has 2 N–H and O–H groups in total. The molecular weight excluding hydrogens is 258 g/mol. The smallest absolute Gasteiger partial charge is 0.320 e. The number of carbonyl (C=O) groups is 2. The van der Waals surface area contributed by atoms with Crippen LogP contribution in [0.5, 0.6) is 0 Å². The lowest BCUT2D eigenvalue weighted by Crippen LogP contribution is -2.47. The summed E-state index contributed by atoms with van der Waals surface area (Å²) in [6.07, 6.45) is 3.87. The Morgan fingerprint density at radius 3 is 2.45 bits per heavy atom. The minimum atomic E-state index is -0.722. The average molecular weight is 283 g/mol. The number of rotatable bonds is 3. The second-order valence-corrected chi connectivity index (χ2v) is 5.74. The van der Waals surface area contributed by atoms with E-state index in [1.807, 2.05) is 9.80 Å². The van der Waals surface area contributed by atoms with Crippen molar-refractivity contribution in [3.05, 3.63) is 0 Å². The normalized spacial score (nSPS) is 21.6. The third-order valence-corrected chi connectivity index (χ3v) is 4.26. The second kappa shape index (κ2) is 7.47. The number of hydrogen-bond donors (Lipinski definition) is 2. The van der Waals surface area contributed by atoms with E-state index in [0.29, 0.717) is 5.92 Å². The highest BCUT2D eigenvalue weighted by atomic mass is 16.4. The molecule has 2 fully saturated rings. The average Bonchev–Trinajstić information content (AvgIpc) is 2.74. The van der Waals surface area contributed by atoms with Crippen LogP contribution in [0, 0.1) is 5.92 Å². The molecule has 6 heteroatoms. The number of hydrogen-bond acceptors (Lipinski definition) is 3. The standard InChI is InChI=1S/C14H25N3O3/c18-13(19)3-2-12-4-9-17(10-5-12)14(20)16-8-1-6-15-7-11-16/h12,15H,1-11H2,(H,18,19). The molecular formula is C14H25N3O3. The molecule has 2 amide bonds. The molecule has 0 saturated carbocycles. The molecule has 0 radical (unpaired) electrons. The Labute approximate surface area is 120 Å². The van der Waals surface area contributed by atoms with Crippen LogP contribution in [-0.4, -0.2) is 66.2 Å². The van der Waals surface area contributed by atoms with Gasteiger partial charge in [-0.15, -0.1) is 0 Å². The summed E-state index contributed by atoms with van der Waals surface area (Å²) in [6, 6.07) is 0.158. The van der Waals surface area contributed by atoms with Crippen LogP contribution < -0.4 is 5.32 Å². The fourth-order valence-corrected chi connectivity index (χ4v) is 2.98. The zero-order valence-electron chi connectivity index (χ0n) is 12.0. The number of nitrogens with one attached hydrogen (secondary N) is 1. The highest BCUT2D eigenvalue weighted by Crippen LogP contribution is 2.22. The van der Waals surface area contributed by atoms with Crippen molar-refractivity contribution >= 4 is 12.0 Å². The third kappa shape index (κ3) is 4.37. The van der Waals surface area contributed by atoms with Gasteiger partial charge in [0, 0.05) is 39.1 Å². The van der Waals surface area contributed by atoms with Gasteiger partial charge in [0.2, 0.25) is 0 Å². The zero-order valence-corrected chi connectivity index (χ0v) is 12.0. The molecule has 0 aliphatic carbocycles. The molecule has 0 spiro atoms. The monoisotopic (exact) mass is 283 g/mol. The van der Waals surface area contributed by atoms with E-state index in [0.717, 1.165) is 65.0 Å². The molecule has 2 aliphatic heterocycles. The Kier molecular flexibility index (Phi) is 5.64. The van der Waals surface area contributed by atoms with E-state index in [4.69, 9.17) is 5.11 Å². The summed E-state index contributed by atoms with van der Waals surface area (Å²) in [5, 5.41) is 12.0. The van der Waals surface area contributed by atoms with Crippen LogP contribution in [0.4, 0.5) is 4.79 Å². The van der Waals surface area contributed by atoms with Gasteiger partial charge in [-0.1, -0.05) is 0 Å². The van der Waals surface area contributed by atoms with Crippen LogP contribution in [0.2, 0.25) is 0 Å². The number of carbonyl (C=O) groups excluding carboxylic acids is 1. The fourth-order valence-electron chi connectivity index (χ4n) is 2.98. The van der Waals surface area contributed by atoms with Crippen molar-refractivity contribution in [3.8, 4) is 0 Å². The molecule has 114 valence electrons. The largest absolute Gasteiger partial charge is 0.481 e. The second-order valence-electron chi connectivity index (χ2n) is 5.74. The van der Waals surface area contributed by atoms with Crippen LogP contribution in [0.3, 0.4) is 0 Å². The highest BCUT2D eigenvalue weighted by molar-refractivity contribution is 5.74. The number of urea groups is 1. The summed E-state index contributed by atoms with van der Waals surface area (Å²) >= 11 is 0. The molecule has 2 heterocycles. The molecule has 0 aromatic heterocycles. The summed E-state index contributed by atoms with van der Waals surface area (Å²) in [7, 11) is 0. The first-order chi connectivity index (χ1) is 9.66. The lowest BCUT2D eigenvalue weighted by atomic mass is 9.92. The minimum Gasteiger partial charge on any atom is -0.481 e. The lowest BCUT2D eigenvalue weighted by Gasteiger charge is -2.35. The molecule has 0 unspecified atom stereocenters. The first-order valence-electron chi connectivity index (χ1n) is 7.63. The number of nitrogens with zero attached hydrogens (tertiary/aromatic N) is 2. The number of piperidine rings is 1. The summed E-state index contributed by atoms with van der Waals surface area (Å²) in [4.78, 5) is 26.9. The van der Waals surface area contributed by atoms with Gasteiger partial charge in [-0.2, -0.15) is 0 Å². The van der Waals surface area contributed by atoms with E-state index in [2.05, 4.69) is 5.32 Å². The Hall–Kier alpha value is -1.30. The molecule has 20 heavy (non-hydrogen) atoms. The Morgan fingerprint density at radius 2 is 1.75 bits per heavy atom. The van der Waals surface area contributed by atoms with Crippen LogP contribution >= 0.6 is 0 Å². The molecule has 2 aliphatic rings. The van der Waals surface area contributed by atoms with E-state index in [9.17, 15) is 9.59 Å². The fraction of sp³-hybridized carbons (Fsp3) is 0.857. The van der Waals surface area contributed by atoms with Gasteiger partial charge in [0.1, 0.15) is 0 Å². The van der Waals surface area contributed by atoms with Gasteiger partial charge < -0.3 is 20.2 Å². The predicted molar refractivity (Wildman–Crippen MR) is 75.6 cm³/mol. The van der Waals surface area contributed by atoms with Crippen molar-refractivity contribution in [1.82, 2.24) is 15.1 Å². The SMILES string of the molecule is O=C(O)CCC1CCN(C(=O)N2CCCNCC2)CC1. The molecule has 2 saturated heterocycles. The maximum absolute atomic E-state index is 12.4. The van der Waals surface area contributed by atoms with Crippen LogP contribution in [-0.2, 0) is 4.79 Å². The van der Waals surface area contributed by atoms with Crippen molar-refractivity contribution < 1.29 is 14.7 Å². The number of aliphatic carboxylic acids is 1. The van der Waals surface area contributed by atoms with Crippen molar-refractivity contribution in [2.45, 2.75) is 32.1 Å². The van der Waals surface area contributed by atoms with Crippen LogP contribution in [0.1, 0.15) is 32.1 Å². The van der Waals surface area contributed by atoms with E-state index < -0.39 is 5.97 Å². The van der Waals surface area contributed by atoms with Gasteiger partial charge in [0.25, 0.3) is 0 Å². The molecule has 0 atom stereocenters. The maximum atomic E-state index is 12.4. The van der Waals surface area contributed by atoms with Gasteiger partial charge in [0.05, 0.1) is 0 Å². The van der Waals surface area contributed by atoms with Gasteiger partial charge in [-0.05, 0) is 38.1 Å². The number of carboxylic acid groups (broad SMARTS) is 1. The van der Waals surface area contributed by atoms with Gasteiger partial charge in [-0.25, -0.2) is 4.79 Å². The van der Waals surface area contributed by atoms with Crippen molar-refractivity contribution in [1.29, 1.82) is 0 Å². The van der Waals surface area contributed by atoms with Crippen molar-refractivity contribution in [3.63, 3.8) is 0 Å². The topological polar surface area (TPSA) is 72.9 Å². The molecule has 0 aromatic carbocycles. The minimum absolute atomic E-state index is 0.158. The number of likely N-dealkylation sites (tertiary alicyclic amines) is 1. The van der Waals surface area contributed by atoms with Gasteiger partial charge in [-0.3, -0.25) is 4.79 Å². The predicted octanol–water partition coefficient (Wildman–Crippen LogP) is 0.979. The van der Waals surface area contributed by atoms with E-state index >= 15 is 0 Å². The Morgan fingerprint density at radius 1 is 1.05 bits per heavy atom. The summed E-state index contributed by atoms with van der Waals surface area (Å²) in [6.45, 7) is 5.03. The van der Waals surface area contributed by atoms with Gasteiger partial charge >= 0.3 is 12.0 Å². The summed E-state index contributed by atoms with van der Waals surface area (Å²) in [5.74, 6) is -0.262. The highest BCUT2D eigenvalue weighted by Gasteiger charge is 2.26. The first kappa shape index (κ1) is 15.1. The first-order valence-corrected chi connectivity index (χ1v) is 7.63. The van der Waals surface area contributed by atoms with Crippen LogP contribution in [0.15, 0.2) is 0 Å². The molecule has 2 rings (SSSR count). The Bertz CT molecular complexity index is 333. The van der Waals surface area contributed by atoms with Gasteiger partial charge in [0.15, 0.2) is 0 Å². The zero-order chi connectivity index (χ0) is 14.4. The molecule has 6 nitrogen and oxygen atoms in total. The van der Waals surface area contributed by atoms with E-state index in [1.165, 1.54) is 0 Å². The number of amides is 2. The van der Waals surface area contributed by atoms with E-state index in [1.54, 1.807) is 0 Å². The molecule has 0 aromatic rings. The van der Waals surface area contributed by atoms with Crippen molar-refractivity contribution in [2.75, 3.05) is 39.3 Å². The summed E-state index contributed by atoms with van der Waals surface area (Å²) in [5.41, 5.74) is 0. The summed E-state index contributed by atoms with van der Waals surface area (Å²) < 4.78 is 0. The third-order valence-electron chi connectivity index (χ3n) is 4.26. The van der Waals surface area contributed by atoms with E-state index in [-0.39, 0.29) is 12.5 Å². The maximum Gasteiger partial charge on any atom is 0.320 e. The quantitative estimate of drug-likeness (QED) is 0.810. The number of carboxylic acids is 1. The Balaban J connectivity index is 1.74. The van der Waals surface area contributed by atoms with Crippen LogP contribution in [0.25, 0.3) is 0 Å². The lowest BCUT2D eigenvalue weighted by molar-refractivity contribution is -0.137.